The molecular weight excluding hydrogens is 431 g/mol. The molecule has 1 aromatic heterocycles. The molecular formula is C21H20F3N3O3S. The first-order valence-electron chi connectivity index (χ1n) is 9.44. The first-order valence-corrected chi connectivity index (χ1v) is 10.3. The molecule has 0 aliphatic heterocycles. The molecule has 2 aromatic carbocycles. The Balaban J connectivity index is 2.06. The Morgan fingerprint density at radius 1 is 1.19 bits per heavy atom. The quantitative estimate of drug-likeness (QED) is 0.563. The predicted molar refractivity (Wildman–Crippen MR) is 112 cm³/mol. The molecule has 0 radical (unpaired) electrons. The van der Waals surface area contributed by atoms with Crippen molar-refractivity contribution in [3.05, 3.63) is 58.4 Å². The van der Waals surface area contributed by atoms with Gasteiger partial charge in [-0.15, -0.1) is 0 Å². The van der Waals surface area contributed by atoms with E-state index >= 15 is 0 Å². The molecule has 0 unspecified atom stereocenters. The number of carbonyl (C=O) groups is 2. The van der Waals surface area contributed by atoms with Crippen molar-refractivity contribution in [1.29, 1.82) is 0 Å². The highest BCUT2D eigenvalue weighted by molar-refractivity contribution is 7.16. The minimum absolute atomic E-state index is 0.150. The summed E-state index contributed by atoms with van der Waals surface area (Å²) in [5.74, 6) is -0.991. The summed E-state index contributed by atoms with van der Waals surface area (Å²) in [6.45, 7) is 4.56. The SMILES string of the molecule is CCOCCn1c(=NC(=O)c2cccc(C(F)(F)F)c2)sc2cc(NC(C)=O)ccc21. The molecule has 31 heavy (non-hydrogen) atoms. The van der Waals surface area contributed by atoms with Crippen molar-refractivity contribution in [2.24, 2.45) is 4.99 Å². The standard InChI is InChI=1S/C21H20F3N3O3S/c1-3-30-10-9-27-17-8-7-16(25-13(2)28)12-18(17)31-20(27)26-19(29)14-5-4-6-15(11-14)21(22,23)24/h4-8,11-12H,3,9-10H2,1-2H3,(H,25,28). The summed E-state index contributed by atoms with van der Waals surface area (Å²) in [5.41, 5.74) is 0.306. The fraction of sp³-hybridized carbons (Fsp3) is 0.286. The Labute approximate surface area is 180 Å². The van der Waals surface area contributed by atoms with Crippen LogP contribution in [0.25, 0.3) is 10.2 Å². The Hall–Kier alpha value is -2.98. The number of aromatic nitrogens is 1. The Kier molecular flexibility index (Phi) is 6.91. The van der Waals surface area contributed by atoms with E-state index in [1.807, 2.05) is 6.92 Å². The Bertz CT molecular complexity index is 1180. The normalized spacial score (nSPS) is 12.4. The van der Waals surface area contributed by atoms with Crippen LogP contribution in [0.2, 0.25) is 0 Å². The average Bonchev–Trinajstić information content (AvgIpc) is 3.03. The number of nitrogens with zero attached hydrogens (tertiary/aromatic N) is 2. The van der Waals surface area contributed by atoms with E-state index in [0.717, 1.165) is 22.3 Å². The zero-order valence-electron chi connectivity index (χ0n) is 16.8. The maximum atomic E-state index is 13.0. The Morgan fingerprint density at radius 2 is 1.97 bits per heavy atom. The smallest absolute Gasteiger partial charge is 0.380 e. The second-order valence-corrected chi connectivity index (χ2v) is 7.60. The fourth-order valence-corrected chi connectivity index (χ4v) is 4.03. The molecule has 0 saturated carbocycles. The van der Waals surface area contributed by atoms with Crippen molar-refractivity contribution in [2.75, 3.05) is 18.5 Å². The van der Waals surface area contributed by atoms with Crippen molar-refractivity contribution >= 4 is 39.1 Å². The number of ether oxygens (including phenoxy) is 1. The number of anilines is 1. The van der Waals surface area contributed by atoms with Crippen molar-refractivity contribution in [2.45, 2.75) is 26.6 Å². The third-order valence-corrected chi connectivity index (χ3v) is 5.34. The summed E-state index contributed by atoms with van der Waals surface area (Å²) in [6.07, 6.45) is -4.55. The summed E-state index contributed by atoms with van der Waals surface area (Å²) < 4.78 is 46.9. The number of benzene rings is 2. The van der Waals surface area contributed by atoms with Crippen LogP contribution in [0.4, 0.5) is 18.9 Å². The van der Waals surface area contributed by atoms with Crippen LogP contribution in [0.1, 0.15) is 29.8 Å². The highest BCUT2D eigenvalue weighted by Crippen LogP contribution is 2.29. The minimum atomic E-state index is -4.55. The van der Waals surface area contributed by atoms with Crippen LogP contribution in [0.3, 0.4) is 0 Å². The molecule has 0 aliphatic rings. The van der Waals surface area contributed by atoms with E-state index in [0.29, 0.717) is 30.2 Å². The first kappa shape index (κ1) is 22.7. The lowest BCUT2D eigenvalue weighted by atomic mass is 10.1. The number of fused-ring (bicyclic) bond motifs is 1. The minimum Gasteiger partial charge on any atom is -0.380 e. The number of rotatable bonds is 6. The van der Waals surface area contributed by atoms with Crippen LogP contribution < -0.4 is 10.1 Å². The lowest BCUT2D eigenvalue weighted by Gasteiger charge is -2.07. The maximum Gasteiger partial charge on any atom is 0.416 e. The van der Waals surface area contributed by atoms with E-state index in [9.17, 15) is 22.8 Å². The van der Waals surface area contributed by atoms with Crippen LogP contribution in [0.15, 0.2) is 47.5 Å². The van der Waals surface area contributed by atoms with Crippen LogP contribution in [0, 0.1) is 0 Å². The van der Waals surface area contributed by atoms with Crippen LogP contribution in [-0.4, -0.2) is 29.6 Å². The summed E-state index contributed by atoms with van der Waals surface area (Å²) in [7, 11) is 0. The summed E-state index contributed by atoms with van der Waals surface area (Å²) in [5, 5.41) is 2.69. The van der Waals surface area contributed by atoms with Gasteiger partial charge in [-0.05, 0) is 43.3 Å². The molecule has 164 valence electrons. The van der Waals surface area contributed by atoms with Crippen LogP contribution in [-0.2, 0) is 22.3 Å². The van der Waals surface area contributed by atoms with Gasteiger partial charge in [0.05, 0.1) is 22.4 Å². The van der Waals surface area contributed by atoms with E-state index in [1.54, 1.807) is 22.8 Å². The predicted octanol–water partition coefficient (Wildman–Crippen LogP) is 4.46. The highest BCUT2D eigenvalue weighted by Gasteiger charge is 2.30. The van der Waals surface area contributed by atoms with Crippen molar-refractivity contribution < 1.29 is 27.5 Å². The van der Waals surface area contributed by atoms with Gasteiger partial charge < -0.3 is 14.6 Å². The third kappa shape index (κ3) is 5.59. The molecule has 1 N–H and O–H groups in total. The van der Waals surface area contributed by atoms with Gasteiger partial charge >= 0.3 is 6.18 Å². The molecule has 2 amide bonds. The summed E-state index contributed by atoms with van der Waals surface area (Å²) in [4.78, 5) is 28.4. The zero-order valence-corrected chi connectivity index (χ0v) is 17.6. The number of alkyl halides is 3. The average molecular weight is 451 g/mol. The third-order valence-electron chi connectivity index (χ3n) is 4.30. The largest absolute Gasteiger partial charge is 0.416 e. The van der Waals surface area contributed by atoms with Crippen molar-refractivity contribution in [1.82, 2.24) is 4.57 Å². The number of halogens is 3. The lowest BCUT2D eigenvalue weighted by Crippen LogP contribution is -2.20. The second kappa shape index (κ2) is 9.44. The number of thiazole rings is 1. The second-order valence-electron chi connectivity index (χ2n) is 6.59. The fourth-order valence-electron chi connectivity index (χ4n) is 2.94. The topological polar surface area (TPSA) is 72.7 Å². The van der Waals surface area contributed by atoms with Gasteiger partial charge in [-0.2, -0.15) is 18.2 Å². The van der Waals surface area contributed by atoms with Crippen LogP contribution in [0.5, 0.6) is 0 Å². The highest BCUT2D eigenvalue weighted by atomic mass is 32.1. The first-order chi connectivity index (χ1) is 14.7. The van der Waals surface area contributed by atoms with E-state index in [1.165, 1.54) is 30.4 Å². The summed E-state index contributed by atoms with van der Waals surface area (Å²) in [6, 6.07) is 9.45. The number of nitrogens with one attached hydrogen (secondary N) is 1. The van der Waals surface area contributed by atoms with Gasteiger partial charge in [-0.25, -0.2) is 0 Å². The van der Waals surface area contributed by atoms with E-state index < -0.39 is 17.6 Å². The van der Waals surface area contributed by atoms with Crippen molar-refractivity contribution in [3.63, 3.8) is 0 Å². The van der Waals surface area contributed by atoms with Gasteiger partial charge in [0.15, 0.2) is 4.80 Å². The zero-order chi connectivity index (χ0) is 22.6. The molecule has 0 fully saturated rings. The van der Waals surface area contributed by atoms with Crippen molar-refractivity contribution in [3.8, 4) is 0 Å². The lowest BCUT2D eigenvalue weighted by molar-refractivity contribution is -0.137. The maximum absolute atomic E-state index is 13.0. The molecule has 1 heterocycles. The van der Waals surface area contributed by atoms with Gasteiger partial charge in [-0.1, -0.05) is 17.4 Å². The molecule has 0 atom stereocenters. The molecule has 0 bridgehead atoms. The summed E-state index contributed by atoms with van der Waals surface area (Å²) >= 11 is 1.20. The number of amides is 2. The number of hydrogen-bond acceptors (Lipinski definition) is 4. The molecule has 6 nitrogen and oxygen atoms in total. The number of carbonyl (C=O) groups excluding carboxylic acids is 2. The van der Waals surface area contributed by atoms with Gasteiger partial charge in [0.1, 0.15) is 0 Å². The van der Waals surface area contributed by atoms with E-state index in [-0.39, 0.29) is 11.5 Å². The molecule has 0 aliphatic carbocycles. The molecule has 0 saturated heterocycles. The van der Waals surface area contributed by atoms with Gasteiger partial charge in [0.2, 0.25) is 5.91 Å². The molecule has 10 heteroatoms. The number of hydrogen-bond donors (Lipinski definition) is 1. The van der Waals surface area contributed by atoms with Gasteiger partial charge in [-0.3, -0.25) is 9.59 Å². The Morgan fingerprint density at radius 3 is 2.65 bits per heavy atom. The van der Waals surface area contributed by atoms with E-state index in [4.69, 9.17) is 4.74 Å². The van der Waals surface area contributed by atoms with Gasteiger partial charge in [0, 0.05) is 31.3 Å². The van der Waals surface area contributed by atoms with Crippen LogP contribution >= 0.6 is 11.3 Å². The monoisotopic (exact) mass is 451 g/mol. The molecule has 3 aromatic rings. The van der Waals surface area contributed by atoms with E-state index in [2.05, 4.69) is 10.3 Å². The molecule has 0 spiro atoms. The van der Waals surface area contributed by atoms with Gasteiger partial charge in [0.25, 0.3) is 5.91 Å². The molecule has 3 rings (SSSR count).